The number of hydrogen-bond acceptors (Lipinski definition) is 3. The first-order chi connectivity index (χ1) is 10.8. The molecule has 1 N–H and O–H groups in total. The third kappa shape index (κ3) is 3.16. The largest absolute Gasteiger partial charge is 0.334 e. The Hall–Kier alpha value is -1.84. The maximum Gasteiger partial charge on any atom is 0.270 e. The summed E-state index contributed by atoms with van der Waals surface area (Å²) in [6.07, 6.45) is 7.08. The molecule has 1 saturated heterocycles. The summed E-state index contributed by atoms with van der Waals surface area (Å²) in [7, 11) is 0. The van der Waals surface area contributed by atoms with Crippen molar-refractivity contribution in [3.63, 3.8) is 0 Å². The molecule has 2 fully saturated rings. The Bertz CT molecular complexity index is 535. The molecule has 118 valence electrons. The standard InChI is InChI=1S/C18H25N3O/c1-2-14-13-21(16-11-7-4-8-12-16)18(22)17(14)20-19-15-9-5-3-6-10-15/h3,5-6,9-10,14,16,19H,2,4,7-8,11-13H2,1H3/b20-17+/t14-/m1/s1. The van der Waals surface area contributed by atoms with Gasteiger partial charge in [-0.15, -0.1) is 0 Å². The monoisotopic (exact) mass is 299 g/mol. The Balaban J connectivity index is 1.73. The van der Waals surface area contributed by atoms with Crippen molar-refractivity contribution in [2.45, 2.75) is 51.5 Å². The molecule has 0 unspecified atom stereocenters. The number of carbonyl (C=O) groups is 1. The maximum atomic E-state index is 12.8. The van der Waals surface area contributed by atoms with Gasteiger partial charge in [-0.05, 0) is 31.4 Å². The Labute approximate surface area is 132 Å². The zero-order chi connectivity index (χ0) is 15.4. The Morgan fingerprint density at radius 3 is 2.59 bits per heavy atom. The molecular weight excluding hydrogens is 274 g/mol. The minimum Gasteiger partial charge on any atom is -0.334 e. The number of hydrazone groups is 1. The first kappa shape index (κ1) is 15.1. The van der Waals surface area contributed by atoms with E-state index >= 15 is 0 Å². The fourth-order valence-electron chi connectivity index (χ4n) is 3.54. The molecule has 1 heterocycles. The van der Waals surface area contributed by atoms with Gasteiger partial charge < -0.3 is 4.90 Å². The van der Waals surface area contributed by atoms with Crippen LogP contribution in [-0.4, -0.2) is 29.1 Å². The van der Waals surface area contributed by atoms with Crippen LogP contribution in [0, 0.1) is 5.92 Å². The Morgan fingerprint density at radius 2 is 1.91 bits per heavy atom. The van der Waals surface area contributed by atoms with Crippen molar-refractivity contribution in [2.24, 2.45) is 11.0 Å². The molecule has 1 aromatic carbocycles. The number of para-hydroxylation sites is 1. The lowest BCUT2D eigenvalue weighted by Crippen LogP contribution is -2.39. The SMILES string of the molecule is CC[C@@H]1CN(C2CCCCC2)C(=O)/C1=N/Nc1ccccc1. The number of nitrogens with zero attached hydrogens (tertiary/aromatic N) is 2. The highest BCUT2D eigenvalue weighted by atomic mass is 16.2. The summed E-state index contributed by atoms with van der Waals surface area (Å²) < 4.78 is 0. The van der Waals surface area contributed by atoms with E-state index in [1.807, 2.05) is 30.3 Å². The summed E-state index contributed by atoms with van der Waals surface area (Å²) >= 11 is 0. The summed E-state index contributed by atoms with van der Waals surface area (Å²) in [5.41, 5.74) is 4.68. The highest BCUT2D eigenvalue weighted by molar-refractivity contribution is 6.41. The molecule has 3 rings (SSSR count). The second-order valence-corrected chi connectivity index (χ2v) is 6.33. The van der Waals surface area contributed by atoms with Crippen molar-refractivity contribution >= 4 is 17.3 Å². The number of anilines is 1. The van der Waals surface area contributed by atoms with Gasteiger partial charge in [0.1, 0.15) is 5.71 Å². The second kappa shape index (κ2) is 6.95. The van der Waals surface area contributed by atoms with Gasteiger partial charge in [-0.2, -0.15) is 5.10 Å². The molecule has 1 amide bonds. The predicted molar refractivity (Wildman–Crippen MR) is 89.9 cm³/mol. The van der Waals surface area contributed by atoms with Crippen molar-refractivity contribution in [1.82, 2.24) is 4.90 Å². The van der Waals surface area contributed by atoms with Crippen LogP contribution in [0.4, 0.5) is 5.69 Å². The summed E-state index contributed by atoms with van der Waals surface area (Å²) in [5, 5.41) is 4.45. The van der Waals surface area contributed by atoms with Crippen LogP contribution in [0.15, 0.2) is 35.4 Å². The maximum absolute atomic E-state index is 12.8. The first-order valence-corrected chi connectivity index (χ1v) is 8.49. The topological polar surface area (TPSA) is 44.7 Å². The van der Waals surface area contributed by atoms with Crippen LogP contribution >= 0.6 is 0 Å². The van der Waals surface area contributed by atoms with Crippen LogP contribution in [0.3, 0.4) is 0 Å². The minimum absolute atomic E-state index is 0.141. The molecule has 1 aromatic rings. The molecule has 0 bridgehead atoms. The molecule has 4 heteroatoms. The van der Waals surface area contributed by atoms with Crippen LogP contribution in [0.1, 0.15) is 45.4 Å². The van der Waals surface area contributed by atoms with Gasteiger partial charge in [0.15, 0.2) is 0 Å². The lowest BCUT2D eigenvalue weighted by Gasteiger charge is -2.30. The van der Waals surface area contributed by atoms with Gasteiger partial charge in [0.05, 0.1) is 5.69 Å². The fourth-order valence-corrected chi connectivity index (χ4v) is 3.54. The van der Waals surface area contributed by atoms with Crippen LogP contribution in [0.5, 0.6) is 0 Å². The second-order valence-electron chi connectivity index (χ2n) is 6.33. The molecule has 1 aliphatic carbocycles. The van der Waals surface area contributed by atoms with E-state index < -0.39 is 0 Å². The molecule has 0 radical (unpaired) electrons. The van der Waals surface area contributed by atoms with Crippen molar-refractivity contribution in [3.8, 4) is 0 Å². The van der Waals surface area contributed by atoms with Crippen LogP contribution in [0.2, 0.25) is 0 Å². The van der Waals surface area contributed by atoms with Gasteiger partial charge >= 0.3 is 0 Å². The highest BCUT2D eigenvalue weighted by Gasteiger charge is 2.39. The smallest absolute Gasteiger partial charge is 0.270 e. The van der Waals surface area contributed by atoms with Crippen molar-refractivity contribution in [1.29, 1.82) is 0 Å². The number of likely N-dealkylation sites (tertiary alicyclic amines) is 1. The molecule has 4 nitrogen and oxygen atoms in total. The summed E-state index contributed by atoms with van der Waals surface area (Å²) in [6, 6.07) is 10.3. The zero-order valence-corrected chi connectivity index (χ0v) is 13.3. The average Bonchev–Trinajstić information content (AvgIpc) is 2.90. The van der Waals surface area contributed by atoms with Gasteiger partial charge in [0.25, 0.3) is 5.91 Å². The number of hydrogen-bond donors (Lipinski definition) is 1. The van der Waals surface area contributed by atoms with Crippen LogP contribution in [0.25, 0.3) is 0 Å². The van der Waals surface area contributed by atoms with Crippen LogP contribution < -0.4 is 5.43 Å². The Kier molecular flexibility index (Phi) is 4.76. The zero-order valence-electron chi connectivity index (χ0n) is 13.3. The van der Waals surface area contributed by atoms with Crippen LogP contribution in [-0.2, 0) is 4.79 Å². The van der Waals surface area contributed by atoms with Gasteiger partial charge in [-0.25, -0.2) is 0 Å². The lowest BCUT2D eigenvalue weighted by atomic mass is 9.94. The molecular formula is C18H25N3O. The van der Waals surface area contributed by atoms with Crippen molar-refractivity contribution < 1.29 is 4.79 Å². The van der Waals surface area contributed by atoms with E-state index in [9.17, 15) is 4.79 Å². The summed E-state index contributed by atoms with van der Waals surface area (Å²) in [6.45, 7) is 2.98. The summed E-state index contributed by atoms with van der Waals surface area (Å²) in [4.78, 5) is 14.8. The molecule has 2 aliphatic rings. The van der Waals surface area contributed by atoms with E-state index in [4.69, 9.17) is 0 Å². The molecule has 22 heavy (non-hydrogen) atoms. The van der Waals surface area contributed by atoms with Gasteiger partial charge in [0, 0.05) is 18.5 Å². The quantitative estimate of drug-likeness (QED) is 0.862. The highest BCUT2D eigenvalue weighted by Crippen LogP contribution is 2.28. The van der Waals surface area contributed by atoms with E-state index in [1.165, 1.54) is 19.3 Å². The molecule has 1 aliphatic heterocycles. The third-order valence-corrected chi connectivity index (χ3v) is 4.87. The van der Waals surface area contributed by atoms with Crippen molar-refractivity contribution in [2.75, 3.05) is 12.0 Å². The van der Waals surface area contributed by atoms with Crippen molar-refractivity contribution in [3.05, 3.63) is 30.3 Å². The number of benzene rings is 1. The van der Waals surface area contributed by atoms with Gasteiger partial charge in [-0.1, -0.05) is 44.4 Å². The molecule has 1 atom stereocenters. The minimum atomic E-state index is 0.141. The van der Waals surface area contributed by atoms with E-state index in [-0.39, 0.29) is 11.8 Å². The lowest BCUT2D eigenvalue weighted by molar-refractivity contribution is -0.125. The van der Waals surface area contributed by atoms with Gasteiger partial charge in [0.2, 0.25) is 0 Å². The summed E-state index contributed by atoms with van der Waals surface area (Å²) in [5.74, 6) is 0.396. The molecule has 0 aromatic heterocycles. The van der Waals surface area contributed by atoms with E-state index in [0.717, 1.165) is 31.5 Å². The fraction of sp³-hybridized carbons (Fsp3) is 0.556. The van der Waals surface area contributed by atoms with E-state index in [0.29, 0.717) is 11.8 Å². The average molecular weight is 299 g/mol. The number of amides is 1. The van der Waals surface area contributed by atoms with Gasteiger partial charge in [-0.3, -0.25) is 10.2 Å². The number of rotatable bonds is 4. The van der Waals surface area contributed by atoms with E-state index in [2.05, 4.69) is 22.4 Å². The Morgan fingerprint density at radius 1 is 1.18 bits per heavy atom. The normalized spacial score (nSPS) is 25.0. The predicted octanol–water partition coefficient (Wildman–Crippen LogP) is 3.66. The number of carbonyl (C=O) groups excluding carboxylic acids is 1. The van der Waals surface area contributed by atoms with E-state index in [1.54, 1.807) is 0 Å². The number of nitrogens with one attached hydrogen (secondary N) is 1. The first-order valence-electron chi connectivity index (χ1n) is 8.49. The third-order valence-electron chi connectivity index (χ3n) is 4.87. The molecule has 0 spiro atoms. The molecule has 1 saturated carbocycles.